The van der Waals surface area contributed by atoms with Gasteiger partial charge in [-0.15, -0.1) is 0 Å². The standard InChI is InChI=1S/C25H25N5O3S/c1-15-13-16(2)27-25(26-15)34-14-17-3-5-19(6-4-17)23(32)29-30-24(33)20-9-11-21(12-10-20)28-22(31)18-7-8-18/h3-6,9-13,18H,7-8,14H2,1-2H3,(H,28,31)(H,29,32)(H,30,33). The minimum Gasteiger partial charge on any atom is -0.326 e. The molecule has 0 saturated heterocycles. The van der Waals surface area contributed by atoms with E-state index in [0.29, 0.717) is 22.6 Å². The normalized spacial score (nSPS) is 12.6. The molecule has 3 amide bonds. The summed E-state index contributed by atoms with van der Waals surface area (Å²) in [5, 5.41) is 3.54. The molecule has 1 saturated carbocycles. The van der Waals surface area contributed by atoms with Crippen LogP contribution in [0.25, 0.3) is 0 Å². The number of hydrazine groups is 1. The maximum atomic E-state index is 12.4. The van der Waals surface area contributed by atoms with Crippen LogP contribution in [0.1, 0.15) is 50.5 Å². The van der Waals surface area contributed by atoms with Gasteiger partial charge < -0.3 is 5.32 Å². The summed E-state index contributed by atoms with van der Waals surface area (Å²) in [6, 6.07) is 15.6. The molecule has 0 radical (unpaired) electrons. The molecule has 0 aliphatic heterocycles. The fraction of sp³-hybridized carbons (Fsp3) is 0.240. The van der Waals surface area contributed by atoms with Gasteiger partial charge in [0.2, 0.25) is 5.91 Å². The summed E-state index contributed by atoms with van der Waals surface area (Å²) in [5.41, 5.74) is 9.16. The van der Waals surface area contributed by atoms with E-state index in [2.05, 4.69) is 26.1 Å². The van der Waals surface area contributed by atoms with Crippen LogP contribution in [-0.4, -0.2) is 27.7 Å². The van der Waals surface area contributed by atoms with Gasteiger partial charge in [-0.25, -0.2) is 9.97 Å². The van der Waals surface area contributed by atoms with E-state index < -0.39 is 11.8 Å². The second-order valence-corrected chi connectivity index (χ2v) is 9.11. The van der Waals surface area contributed by atoms with Crippen LogP contribution in [0, 0.1) is 19.8 Å². The first-order valence-electron chi connectivity index (χ1n) is 10.9. The van der Waals surface area contributed by atoms with Crippen LogP contribution in [0.3, 0.4) is 0 Å². The second-order valence-electron chi connectivity index (χ2n) is 8.17. The van der Waals surface area contributed by atoms with Gasteiger partial charge in [0.15, 0.2) is 5.16 Å². The number of anilines is 1. The third-order valence-corrected chi connectivity index (χ3v) is 6.12. The number of nitrogens with zero attached hydrogens (tertiary/aromatic N) is 2. The highest BCUT2D eigenvalue weighted by Crippen LogP contribution is 2.30. The van der Waals surface area contributed by atoms with E-state index in [1.165, 1.54) is 11.8 Å². The topological polar surface area (TPSA) is 113 Å². The Morgan fingerprint density at radius 1 is 0.853 bits per heavy atom. The van der Waals surface area contributed by atoms with Crippen molar-refractivity contribution in [1.29, 1.82) is 0 Å². The Hall–Kier alpha value is -3.72. The van der Waals surface area contributed by atoms with Crippen LogP contribution >= 0.6 is 11.8 Å². The molecular formula is C25H25N5O3S. The molecule has 3 N–H and O–H groups in total. The lowest BCUT2D eigenvalue weighted by Crippen LogP contribution is -2.41. The zero-order valence-electron chi connectivity index (χ0n) is 18.9. The summed E-state index contributed by atoms with van der Waals surface area (Å²) in [6.45, 7) is 3.88. The summed E-state index contributed by atoms with van der Waals surface area (Å²) in [7, 11) is 0. The molecular weight excluding hydrogens is 450 g/mol. The van der Waals surface area contributed by atoms with Gasteiger partial charge in [-0.1, -0.05) is 23.9 Å². The van der Waals surface area contributed by atoms with Crippen molar-refractivity contribution in [3.63, 3.8) is 0 Å². The monoisotopic (exact) mass is 475 g/mol. The highest BCUT2D eigenvalue weighted by atomic mass is 32.2. The molecule has 0 bridgehead atoms. The van der Waals surface area contributed by atoms with Gasteiger partial charge in [0, 0.05) is 39.9 Å². The Labute approximate surface area is 201 Å². The average Bonchev–Trinajstić information content (AvgIpc) is 3.67. The van der Waals surface area contributed by atoms with Gasteiger partial charge in [0.1, 0.15) is 0 Å². The number of aromatic nitrogens is 2. The number of nitrogens with one attached hydrogen (secondary N) is 3. The molecule has 9 heteroatoms. The summed E-state index contributed by atoms with van der Waals surface area (Å²) < 4.78 is 0. The first-order chi connectivity index (χ1) is 16.4. The highest BCUT2D eigenvalue weighted by molar-refractivity contribution is 7.98. The molecule has 4 rings (SSSR count). The highest BCUT2D eigenvalue weighted by Gasteiger charge is 2.29. The van der Waals surface area contributed by atoms with Gasteiger partial charge in [-0.05, 0) is 74.7 Å². The molecule has 1 aromatic heterocycles. The second kappa shape index (κ2) is 10.5. The van der Waals surface area contributed by atoms with Gasteiger partial charge >= 0.3 is 0 Å². The van der Waals surface area contributed by atoms with Gasteiger partial charge in [0.05, 0.1) is 0 Å². The van der Waals surface area contributed by atoms with Crippen LogP contribution in [0.4, 0.5) is 5.69 Å². The summed E-state index contributed by atoms with van der Waals surface area (Å²) in [6.07, 6.45) is 1.85. The lowest BCUT2D eigenvalue weighted by atomic mass is 10.1. The van der Waals surface area contributed by atoms with E-state index in [1.807, 2.05) is 32.0 Å². The maximum Gasteiger partial charge on any atom is 0.269 e. The molecule has 0 atom stereocenters. The van der Waals surface area contributed by atoms with Crippen LogP contribution in [0.15, 0.2) is 59.8 Å². The van der Waals surface area contributed by atoms with Crippen LogP contribution < -0.4 is 16.2 Å². The molecule has 1 heterocycles. The van der Waals surface area contributed by atoms with Gasteiger partial charge in [0.25, 0.3) is 11.8 Å². The number of rotatable bonds is 7. The quantitative estimate of drug-likeness (QED) is 0.272. The Morgan fingerprint density at radius 2 is 1.38 bits per heavy atom. The van der Waals surface area contributed by atoms with E-state index in [4.69, 9.17) is 0 Å². The lowest BCUT2D eigenvalue weighted by molar-refractivity contribution is -0.117. The molecule has 1 aliphatic rings. The zero-order chi connectivity index (χ0) is 24.1. The molecule has 8 nitrogen and oxygen atoms in total. The van der Waals surface area contributed by atoms with Crippen molar-refractivity contribution in [3.05, 3.63) is 82.7 Å². The number of benzene rings is 2. The summed E-state index contributed by atoms with van der Waals surface area (Å²) in [4.78, 5) is 45.4. The maximum absolute atomic E-state index is 12.4. The molecule has 2 aromatic carbocycles. The Bertz CT molecular complexity index is 1190. The number of thioether (sulfide) groups is 1. The molecule has 174 valence electrons. The minimum atomic E-state index is -0.449. The van der Waals surface area contributed by atoms with Crippen molar-refractivity contribution >= 4 is 35.2 Å². The predicted molar refractivity (Wildman–Crippen MR) is 130 cm³/mol. The van der Waals surface area contributed by atoms with Crippen molar-refractivity contribution in [3.8, 4) is 0 Å². The first-order valence-corrected chi connectivity index (χ1v) is 11.9. The Kier molecular flexibility index (Phi) is 7.22. The van der Waals surface area contributed by atoms with Crippen LogP contribution in [-0.2, 0) is 10.5 Å². The zero-order valence-corrected chi connectivity index (χ0v) is 19.7. The number of hydrogen-bond acceptors (Lipinski definition) is 6. The fourth-order valence-electron chi connectivity index (χ4n) is 3.21. The molecule has 3 aromatic rings. The van der Waals surface area contributed by atoms with Crippen LogP contribution in [0.2, 0.25) is 0 Å². The van der Waals surface area contributed by atoms with Crippen molar-refractivity contribution in [1.82, 2.24) is 20.8 Å². The van der Waals surface area contributed by atoms with Crippen molar-refractivity contribution < 1.29 is 14.4 Å². The van der Waals surface area contributed by atoms with Crippen molar-refractivity contribution in [2.75, 3.05) is 5.32 Å². The molecule has 1 fully saturated rings. The number of carbonyl (C=O) groups excluding carboxylic acids is 3. The number of amides is 3. The predicted octanol–water partition coefficient (Wildman–Crippen LogP) is 3.81. The van der Waals surface area contributed by atoms with Gasteiger partial charge in [-0.3, -0.25) is 25.2 Å². The van der Waals surface area contributed by atoms with E-state index in [-0.39, 0.29) is 11.8 Å². The van der Waals surface area contributed by atoms with Crippen molar-refractivity contribution in [2.45, 2.75) is 37.6 Å². The average molecular weight is 476 g/mol. The van der Waals surface area contributed by atoms with E-state index in [1.54, 1.807) is 36.4 Å². The number of hydrogen-bond donors (Lipinski definition) is 3. The molecule has 0 unspecified atom stereocenters. The van der Waals surface area contributed by atoms with E-state index in [9.17, 15) is 14.4 Å². The number of carbonyl (C=O) groups is 3. The molecule has 0 spiro atoms. The molecule has 34 heavy (non-hydrogen) atoms. The number of aryl methyl sites for hydroxylation is 2. The molecule has 1 aliphatic carbocycles. The SMILES string of the molecule is Cc1cc(C)nc(SCc2ccc(C(=O)NNC(=O)c3ccc(NC(=O)C4CC4)cc3)cc2)n1. The minimum absolute atomic E-state index is 0.00710. The third kappa shape index (κ3) is 6.41. The third-order valence-electron chi connectivity index (χ3n) is 5.20. The van der Waals surface area contributed by atoms with E-state index >= 15 is 0 Å². The largest absolute Gasteiger partial charge is 0.326 e. The van der Waals surface area contributed by atoms with Gasteiger partial charge in [-0.2, -0.15) is 0 Å². The van der Waals surface area contributed by atoms with Crippen LogP contribution in [0.5, 0.6) is 0 Å². The first kappa shape index (κ1) is 23.4. The smallest absolute Gasteiger partial charge is 0.269 e. The lowest BCUT2D eigenvalue weighted by Gasteiger charge is -2.09. The fourth-order valence-corrected chi connectivity index (χ4v) is 4.12. The Morgan fingerprint density at radius 3 is 1.91 bits per heavy atom. The summed E-state index contributed by atoms with van der Waals surface area (Å²) in [5.74, 6) is -0.0722. The van der Waals surface area contributed by atoms with Crippen molar-refractivity contribution in [2.24, 2.45) is 5.92 Å². The van der Waals surface area contributed by atoms with E-state index in [0.717, 1.165) is 34.9 Å². The summed E-state index contributed by atoms with van der Waals surface area (Å²) >= 11 is 1.53. The Balaban J connectivity index is 1.25.